The Morgan fingerprint density at radius 1 is 1.77 bits per heavy atom. The van der Waals surface area contributed by atoms with Crippen molar-refractivity contribution in [3.8, 4) is 0 Å². The van der Waals surface area contributed by atoms with E-state index in [1.165, 1.54) is 6.42 Å². The first kappa shape index (κ1) is 10.3. The quantitative estimate of drug-likeness (QED) is 0.668. The molecule has 4 heteroatoms. The third-order valence-electron chi connectivity index (χ3n) is 2.85. The summed E-state index contributed by atoms with van der Waals surface area (Å²) in [5.41, 5.74) is 5.18. The molecule has 4 nitrogen and oxygen atoms in total. The molecule has 1 aliphatic heterocycles. The van der Waals surface area contributed by atoms with Gasteiger partial charge in [-0.15, -0.1) is 0 Å². The van der Waals surface area contributed by atoms with Gasteiger partial charge in [0.05, 0.1) is 0 Å². The molecule has 0 radical (unpaired) electrons. The first-order chi connectivity index (χ1) is 6.11. The fourth-order valence-electron chi connectivity index (χ4n) is 1.77. The zero-order valence-corrected chi connectivity index (χ0v) is 8.42. The number of hydrogen-bond acceptors (Lipinski definition) is 2. The Hall–Kier alpha value is -0.770. The Kier molecular flexibility index (Phi) is 3.54. The van der Waals surface area contributed by atoms with Crippen LogP contribution in [0.4, 0.5) is 4.79 Å². The normalized spacial score (nSPS) is 24.3. The standard InChI is InChI=1S/C9H19N3O/c1-7(12(2)9(10)13)5-8-3-4-11-6-8/h7-8,11H,3-6H2,1-2H3,(H2,10,13). The fourth-order valence-corrected chi connectivity index (χ4v) is 1.77. The molecule has 3 N–H and O–H groups in total. The van der Waals surface area contributed by atoms with E-state index < -0.39 is 0 Å². The summed E-state index contributed by atoms with van der Waals surface area (Å²) < 4.78 is 0. The second kappa shape index (κ2) is 4.46. The van der Waals surface area contributed by atoms with E-state index >= 15 is 0 Å². The summed E-state index contributed by atoms with van der Waals surface area (Å²) in [7, 11) is 1.76. The number of carbonyl (C=O) groups excluding carboxylic acids is 1. The highest BCUT2D eigenvalue weighted by atomic mass is 16.2. The Labute approximate surface area is 79.5 Å². The molecule has 76 valence electrons. The highest BCUT2D eigenvalue weighted by Crippen LogP contribution is 2.16. The van der Waals surface area contributed by atoms with Gasteiger partial charge in [-0.1, -0.05) is 0 Å². The number of carbonyl (C=O) groups is 1. The Bertz CT molecular complexity index is 178. The molecule has 1 fully saturated rings. The number of rotatable bonds is 3. The van der Waals surface area contributed by atoms with Gasteiger partial charge in [0.25, 0.3) is 0 Å². The summed E-state index contributed by atoms with van der Waals surface area (Å²) in [5.74, 6) is 0.705. The minimum Gasteiger partial charge on any atom is -0.351 e. The Morgan fingerprint density at radius 3 is 2.92 bits per heavy atom. The Morgan fingerprint density at radius 2 is 2.46 bits per heavy atom. The van der Waals surface area contributed by atoms with E-state index in [-0.39, 0.29) is 12.1 Å². The molecule has 2 atom stereocenters. The zero-order valence-electron chi connectivity index (χ0n) is 8.42. The maximum Gasteiger partial charge on any atom is 0.314 e. The average Bonchev–Trinajstić information content (AvgIpc) is 2.55. The lowest BCUT2D eigenvalue weighted by Gasteiger charge is -2.25. The number of urea groups is 1. The molecule has 2 unspecified atom stereocenters. The van der Waals surface area contributed by atoms with Crippen LogP contribution in [0, 0.1) is 5.92 Å². The van der Waals surface area contributed by atoms with Crippen molar-refractivity contribution in [2.45, 2.75) is 25.8 Å². The van der Waals surface area contributed by atoms with Crippen LogP contribution in [0.5, 0.6) is 0 Å². The van der Waals surface area contributed by atoms with Crippen LogP contribution in [0.3, 0.4) is 0 Å². The first-order valence-corrected chi connectivity index (χ1v) is 4.84. The molecule has 1 heterocycles. The number of amides is 2. The maximum absolute atomic E-state index is 10.8. The van der Waals surface area contributed by atoms with Gasteiger partial charge in [-0.2, -0.15) is 0 Å². The third kappa shape index (κ3) is 2.88. The zero-order chi connectivity index (χ0) is 9.84. The monoisotopic (exact) mass is 185 g/mol. The van der Waals surface area contributed by atoms with Crippen LogP contribution >= 0.6 is 0 Å². The summed E-state index contributed by atoms with van der Waals surface area (Å²) in [4.78, 5) is 12.5. The highest BCUT2D eigenvalue weighted by molar-refractivity contribution is 5.71. The molecule has 1 saturated heterocycles. The van der Waals surface area contributed by atoms with E-state index in [0.29, 0.717) is 5.92 Å². The van der Waals surface area contributed by atoms with E-state index in [9.17, 15) is 4.79 Å². The number of nitrogens with one attached hydrogen (secondary N) is 1. The summed E-state index contributed by atoms with van der Waals surface area (Å²) in [6.07, 6.45) is 2.27. The molecule has 1 aliphatic rings. The van der Waals surface area contributed by atoms with Gasteiger partial charge >= 0.3 is 6.03 Å². The number of primary amides is 1. The van der Waals surface area contributed by atoms with Crippen LogP contribution in [0.2, 0.25) is 0 Å². The number of hydrogen-bond donors (Lipinski definition) is 2. The van der Waals surface area contributed by atoms with Gasteiger partial charge in [0.15, 0.2) is 0 Å². The molecule has 0 bridgehead atoms. The van der Waals surface area contributed by atoms with Crippen molar-refractivity contribution < 1.29 is 4.79 Å². The van der Waals surface area contributed by atoms with Crippen LogP contribution in [0.1, 0.15) is 19.8 Å². The number of nitrogens with zero attached hydrogens (tertiary/aromatic N) is 1. The predicted octanol–water partition coefficient (Wildman–Crippen LogP) is 0.385. The molecule has 0 aliphatic carbocycles. The highest BCUT2D eigenvalue weighted by Gasteiger charge is 2.20. The molecular weight excluding hydrogens is 166 g/mol. The lowest BCUT2D eigenvalue weighted by molar-refractivity contribution is 0.195. The van der Waals surface area contributed by atoms with Crippen molar-refractivity contribution in [3.63, 3.8) is 0 Å². The van der Waals surface area contributed by atoms with Crippen molar-refractivity contribution in [3.05, 3.63) is 0 Å². The molecule has 1 rings (SSSR count). The van der Waals surface area contributed by atoms with Crippen molar-refractivity contribution in [1.82, 2.24) is 10.2 Å². The fraction of sp³-hybridized carbons (Fsp3) is 0.889. The van der Waals surface area contributed by atoms with Gasteiger partial charge in [-0.05, 0) is 38.8 Å². The van der Waals surface area contributed by atoms with Crippen LogP contribution in [0.15, 0.2) is 0 Å². The van der Waals surface area contributed by atoms with Gasteiger partial charge in [-0.25, -0.2) is 4.79 Å². The van der Waals surface area contributed by atoms with Crippen LogP contribution in [-0.2, 0) is 0 Å². The van der Waals surface area contributed by atoms with Gasteiger partial charge in [0.1, 0.15) is 0 Å². The van der Waals surface area contributed by atoms with Crippen LogP contribution in [-0.4, -0.2) is 37.1 Å². The van der Waals surface area contributed by atoms with Gasteiger partial charge in [0, 0.05) is 13.1 Å². The van der Waals surface area contributed by atoms with Gasteiger partial charge in [-0.3, -0.25) is 0 Å². The second-order valence-corrected chi connectivity index (χ2v) is 3.89. The lowest BCUT2D eigenvalue weighted by atomic mass is 9.99. The first-order valence-electron chi connectivity index (χ1n) is 4.84. The molecule has 0 saturated carbocycles. The summed E-state index contributed by atoms with van der Waals surface area (Å²) in [6.45, 7) is 4.23. The van der Waals surface area contributed by atoms with Crippen molar-refractivity contribution in [2.24, 2.45) is 11.7 Å². The topological polar surface area (TPSA) is 58.4 Å². The minimum atomic E-state index is -0.335. The molecule has 0 aromatic heterocycles. The van der Waals surface area contributed by atoms with Crippen LogP contribution < -0.4 is 11.1 Å². The minimum absolute atomic E-state index is 0.252. The molecule has 0 aromatic rings. The van der Waals surface area contributed by atoms with Gasteiger partial charge < -0.3 is 16.0 Å². The smallest absolute Gasteiger partial charge is 0.314 e. The van der Waals surface area contributed by atoms with E-state index in [2.05, 4.69) is 5.32 Å². The van der Waals surface area contributed by atoms with Gasteiger partial charge in [0.2, 0.25) is 0 Å². The Balaban J connectivity index is 2.30. The third-order valence-corrected chi connectivity index (χ3v) is 2.85. The van der Waals surface area contributed by atoms with E-state index in [4.69, 9.17) is 5.73 Å². The average molecular weight is 185 g/mol. The molecule has 0 spiro atoms. The summed E-state index contributed by atoms with van der Waals surface area (Å²) in [5, 5.41) is 3.31. The van der Waals surface area contributed by atoms with E-state index in [1.54, 1.807) is 11.9 Å². The van der Waals surface area contributed by atoms with E-state index in [0.717, 1.165) is 19.5 Å². The lowest BCUT2D eigenvalue weighted by Crippen LogP contribution is -2.40. The summed E-state index contributed by atoms with van der Waals surface area (Å²) >= 11 is 0. The SMILES string of the molecule is CC(CC1CCNC1)N(C)C(N)=O. The van der Waals surface area contributed by atoms with Crippen molar-refractivity contribution in [1.29, 1.82) is 0 Å². The molecule has 0 aromatic carbocycles. The molecule has 13 heavy (non-hydrogen) atoms. The van der Waals surface area contributed by atoms with Crippen LogP contribution in [0.25, 0.3) is 0 Å². The largest absolute Gasteiger partial charge is 0.351 e. The molecular formula is C9H19N3O. The summed E-state index contributed by atoms with van der Waals surface area (Å²) in [6, 6.07) is -0.0825. The van der Waals surface area contributed by atoms with E-state index in [1.807, 2.05) is 6.92 Å². The second-order valence-electron chi connectivity index (χ2n) is 3.89. The maximum atomic E-state index is 10.8. The van der Waals surface area contributed by atoms with Crippen molar-refractivity contribution in [2.75, 3.05) is 20.1 Å². The predicted molar refractivity (Wildman–Crippen MR) is 52.4 cm³/mol. The van der Waals surface area contributed by atoms with Crippen molar-refractivity contribution >= 4 is 6.03 Å². The molecule has 2 amide bonds. The number of nitrogens with two attached hydrogens (primary N) is 1.